The molecule has 0 fully saturated rings. The van der Waals surface area contributed by atoms with Crippen LogP contribution in [0.25, 0.3) is 5.57 Å². The molecule has 16 heavy (non-hydrogen) atoms. The third-order valence-electron chi connectivity index (χ3n) is 2.71. The number of rotatable bonds is 2. The Labute approximate surface area is 99.1 Å². The van der Waals surface area contributed by atoms with Gasteiger partial charge < -0.3 is 4.74 Å². The van der Waals surface area contributed by atoms with Crippen molar-refractivity contribution < 1.29 is 4.74 Å². The Morgan fingerprint density at radius 3 is 2.19 bits per heavy atom. The molecule has 0 aliphatic rings. The van der Waals surface area contributed by atoms with Gasteiger partial charge in [0.15, 0.2) is 0 Å². The fourth-order valence-electron chi connectivity index (χ4n) is 1.87. The molecule has 1 aromatic carbocycles. The van der Waals surface area contributed by atoms with Crippen LogP contribution in [-0.4, -0.2) is 7.11 Å². The molecule has 1 rings (SSSR count). The number of methoxy groups -OCH3 is 1. The summed E-state index contributed by atoms with van der Waals surface area (Å²) < 4.78 is 5.56. The van der Waals surface area contributed by atoms with E-state index in [0.717, 1.165) is 16.9 Å². The van der Waals surface area contributed by atoms with Crippen molar-refractivity contribution in [2.45, 2.75) is 40.0 Å². The zero-order valence-electron chi connectivity index (χ0n) is 11.3. The highest BCUT2D eigenvalue weighted by Crippen LogP contribution is 2.37. The van der Waals surface area contributed by atoms with E-state index in [-0.39, 0.29) is 5.41 Å². The summed E-state index contributed by atoms with van der Waals surface area (Å²) >= 11 is 0. The molecule has 0 aliphatic heterocycles. The Hall–Kier alpha value is -1.24. The molecule has 0 amide bonds. The highest BCUT2D eigenvalue weighted by Gasteiger charge is 2.21. The zero-order chi connectivity index (χ0) is 12.5. The van der Waals surface area contributed by atoms with E-state index in [4.69, 9.17) is 4.74 Å². The first-order valence-corrected chi connectivity index (χ1v) is 5.62. The van der Waals surface area contributed by atoms with Crippen molar-refractivity contribution in [1.82, 2.24) is 0 Å². The van der Waals surface area contributed by atoms with E-state index in [1.54, 1.807) is 7.11 Å². The van der Waals surface area contributed by atoms with Gasteiger partial charge in [-0.1, -0.05) is 33.4 Å². The van der Waals surface area contributed by atoms with Gasteiger partial charge >= 0.3 is 0 Å². The molecule has 0 aliphatic carbocycles. The van der Waals surface area contributed by atoms with E-state index >= 15 is 0 Å². The molecule has 0 saturated carbocycles. The second-order valence-electron chi connectivity index (χ2n) is 5.42. The van der Waals surface area contributed by atoms with Gasteiger partial charge in [0.2, 0.25) is 0 Å². The Kier molecular flexibility index (Phi) is 3.47. The summed E-state index contributed by atoms with van der Waals surface area (Å²) in [6.45, 7) is 14.8. The third kappa shape index (κ3) is 2.46. The topological polar surface area (TPSA) is 9.23 Å². The van der Waals surface area contributed by atoms with Crippen molar-refractivity contribution in [1.29, 1.82) is 0 Å². The molecule has 1 nitrogen and oxygen atoms in total. The fraction of sp³-hybridized carbons (Fsp3) is 0.467. The maximum absolute atomic E-state index is 5.56. The molecular weight excluding hydrogens is 196 g/mol. The lowest BCUT2D eigenvalue weighted by atomic mass is 9.83. The van der Waals surface area contributed by atoms with Gasteiger partial charge in [-0.25, -0.2) is 0 Å². The Morgan fingerprint density at radius 2 is 1.81 bits per heavy atom. The van der Waals surface area contributed by atoms with Crippen molar-refractivity contribution >= 4 is 5.57 Å². The van der Waals surface area contributed by atoms with E-state index < -0.39 is 0 Å². The number of hydrogen-bond acceptors (Lipinski definition) is 1. The molecule has 1 heteroatoms. The molecule has 0 atom stereocenters. The van der Waals surface area contributed by atoms with Gasteiger partial charge in [0, 0.05) is 11.1 Å². The molecule has 0 bridgehead atoms. The van der Waals surface area contributed by atoms with E-state index in [1.165, 1.54) is 11.1 Å². The standard InChI is InChI=1S/C15H22O/c1-10(2)12-8-11(3)9-13(14(12)16-7)15(4,5)6/h8-9H,1H2,2-7H3. The van der Waals surface area contributed by atoms with E-state index in [1.807, 2.05) is 6.92 Å². The molecule has 0 spiro atoms. The lowest BCUT2D eigenvalue weighted by Gasteiger charge is -2.25. The van der Waals surface area contributed by atoms with Gasteiger partial charge in [-0.15, -0.1) is 0 Å². The van der Waals surface area contributed by atoms with Crippen LogP contribution in [-0.2, 0) is 5.41 Å². The molecular formula is C15H22O. The molecule has 1 aromatic rings. The number of benzene rings is 1. The first-order chi connectivity index (χ1) is 7.27. The maximum Gasteiger partial charge on any atom is 0.130 e. The summed E-state index contributed by atoms with van der Waals surface area (Å²) in [5.74, 6) is 0.964. The lowest BCUT2D eigenvalue weighted by Crippen LogP contribution is -2.14. The largest absolute Gasteiger partial charge is 0.496 e. The second kappa shape index (κ2) is 4.32. The first-order valence-electron chi connectivity index (χ1n) is 5.62. The van der Waals surface area contributed by atoms with Gasteiger partial charge in [0.1, 0.15) is 5.75 Å². The van der Waals surface area contributed by atoms with E-state index in [2.05, 4.69) is 46.4 Å². The quantitative estimate of drug-likeness (QED) is 0.717. The summed E-state index contributed by atoms with van der Waals surface area (Å²) in [7, 11) is 1.73. The molecule has 88 valence electrons. The van der Waals surface area contributed by atoms with Crippen molar-refractivity contribution in [3.05, 3.63) is 35.4 Å². The Balaban J connectivity index is 3.55. The van der Waals surface area contributed by atoms with Gasteiger partial charge in [-0.3, -0.25) is 0 Å². The van der Waals surface area contributed by atoms with Crippen molar-refractivity contribution in [3.8, 4) is 5.75 Å². The van der Waals surface area contributed by atoms with Crippen LogP contribution in [0.3, 0.4) is 0 Å². The van der Waals surface area contributed by atoms with Crippen molar-refractivity contribution in [3.63, 3.8) is 0 Å². The lowest BCUT2D eigenvalue weighted by molar-refractivity contribution is 0.396. The minimum atomic E-state index is 0.0849. The summed E-state index contributed by atoms with van der Waals surface area (Å²) in [5, 5.41) is 0. The maximum atomic E-state index is 5.56. The van der Waals surface area contributed by atoms with Crippen LogP contribution < -0.4 is 4.74 Å². The van der Waals surface area contributed by atoms with Crippen LogP contribution >= 0.6 is 0 Å². The normalized spacial score (nSPS) is 11.4. The van der Waals surface area contributed by atoms with Crippen LogP contribution in [0.2, 0.25) is 0 Å². The highest BCUT2D eigenvalue weighted by atomic mass is 16.5. The van der Waals surface area contributed by atoms with Gasteiger partial charge in [-0.05, 0) is 36.5 Å². The summed E-state index contributed by atoms with van der Waals surface area (Å²) in [5.41, 5.74) is 4.75. The number of allylic oxidation sites excluding steroid dienone is 1. The molecule has 0 N–H and O–H groups in total. The minimum Gasteiger partial charge on any atom is -0.496 e. The molecule has 0 unspecified atom stereocenters. The van der Waals surface area contributed by atoms with E-state index in [0.29, 0.717) is 0 Å². The Morgan fingerprint density at radius 1 is 1.25 bits per heavy atom. The summed E-state index contributed by atoms with van der Waals surface area (Å²) in [6.07, 6.45) is 0. The average molecular weight is 218 g/mol. The van der Waals surface area contributed by atoms with Crippen LogP contribution in [0.4, 0.5) is 0 Å². The molecule has 0 aromatic heterocycles. The number of hydrogen-bond donors (Lipinski definition) is 0. The summed E-state index contributed by atoms with van der Waals surface area (Å²) in [6, 6.07) is 4.34. The molecule has 0 radical (unpaired) electrons. The van der Waals surface area contributed by atoms with Gasteiger partial charge in [-0.2, -0.15) is 0 Å². The smallest absolute Gasteiger partial charge is 0.130 e. The molecule has 0 heterocycles. The molecule has 0 saturated heterocycles. The third-order valence-corrected chi connectivity index (χ3v) is 2.71. The predicted octanol–water partition coefficient (Wildman–Crippen LogP) is 4.33. The average Bonchev–Trinajstić information content (AvgIpc) is 2.14. The van der Waals surface area contributed by atoms with Crippen molar-refractivity contribution in [2.24, 2.45) is 0 Å². The van der Waals surface area contributed by atoms with E-state index in [9.17, 15) is 0 Å². The van der Waals surface area contributed by atoms with Crippen LogP contribution in [0.5, 0.6) is 5.75 Å². The predicted molar refractivity (Wildman–Crippen MR) is 71.1 cm³/mol. The second-order valence-corrected chi connectivity index (χ2v) is 5.42. The van der Waals surface area contributed by atoms with Gasteiger partial charge in [0.25, 0.3) is 0 Å². The zero-order valence-corrected chi connectivity index (χ0v) is 11.3. The minimum absolute atomic E-state index is 0.0849. The van der Waals surface area contributed by atoms with Crippen molar-refractivity contribution in [2.75, 3.05) is 7.11 Å². The fourth-order valence-corrected chi connectivity index (χ4v) is 1.87. The highest BCUT2D eigenvalue weighted by molar-refractivity contribution is 5.70. The SMILES string of the molecule is C=C(C)c1cc(C)cc(C(C)(C)C)c1OC. The number of ether oxygens (including phenoxy) is 1. The van der Waals surface area contributed by atoms with Crippen LogP contribution in [0.1, 0.15) is 44.4 Å². The Bertz CT molecular complexity index is 408. The summed E-state index contributed by atoms with van der Waals surface area (Å²) in [4.78, 5) is 0. The van der Waals surface area contributed by atoms with Gasteiger partial charge in [0.05, 0.1) is 7.11 Å². The van der Waals surface area contributed by atoms with Crippen LogP contribution in [0.15, 0.2) is 18.7 Å². The van der Waals surface area contributed by atoms with Crippen LogP contribution in [0, 0.1) is 6.92 Å². The monoisotopic (exact) mass is 218 g/mol. The first kappa shape index (κ1) is 12.8. The number of aryl methyl sites for hydroxylation is 1.